The molecule has 0 amide bonds. The van der Waals surface area contributed by atoms with E-state index < -0.39 is 0 Å². The summed E-state index contributed by atoms with van der Waals surface area (Å²) in [7, 11) is 0.109. The smallest absolute Gasteiger partial charge is 0.215 e. The average Bonchev–Trinajstić information content (AvgIpc) is 2.18. The maximum Gasteiger partial charge on any atom is 0.215 e. The molecule has 0 spiro atoms. The van der Waals surface area contributed by atoms with E-state index in [-0.39, 0.29) is 26.0 Å². The number of halogens is 1. The molecule has 1 aromatic rings. The van der Waals surface area contributed by atoms with Crippen LogP contribution >= 0.6 is 26.0 Å². The molecule has 0 aliphatic carbocycles. The molecular weight excluding hydrogens is 275 g/mol. The van der Waals surface area contributed by atoms with Crippen LogP contribution in [0.15, 0.2) is 30.3 Å². The van der Waals surface area contributed by atoms with Crippen LogP contribution in [0.2, 0.25) is 0 Å². The molecule has 0 bridgehead atoms. The summed E-state index contributed by atoms with van der Waals surface area (Å²) in [5, 5.41) is 0. The van der Waals surface area contributed by atoms with Gasteiger partial charge in [-0.05, 0) is 24.5 Å². The van der Waals surface area contributed by atoms with E-state index in [9.17, 15) is 0 Å². The van der Waals surface area contributed by atoms with E-state index in [0.717, 1.165) is 18.8 Å². The molecule has 0 saturated carbocycles. The van der Waals surface area contributed by atoms with Gasteiger partial charge >= 0.3 is 0 Å². The highest BCUT2D eigenvalue weighted by molar-refractivity contribution is 8.93. The van der Waals surface area contributed by atoms with E-state index in [4.69, 9.17) is 9.05 Å². The van der Waals surface area contributed by atoms with Crippen LogP contribution in [0.1, 0.15) is 20.3 Å². The third-order valence-corrected chi connectivity index (χ3v) is 2.40. The number of benzene rings is 1. The Morgan fingerprint density at radius 3 is 2.47 bits per heavy atom. The molecule has 1 unspecified atom stereocenters. The molecule has 0 radical (unpaired) electrons. The summed E-state index contributed by atoms with van der Waals surface area (Å²) in [5.41, 5.74) is 0. The van der Waals surface area contributed by atoms with Crippen molar-refractivity contribution in [2.45, 2.75) is 20.3 Å². The predicted molar refractivity (Wildman–Crippen MR) is 71.1 cm³/mol. The zero-order chi connectivity index (χ0) is 10.2. The van der Waals surface area contributed by atoms with Crippen LogP contribution in [0.3, 0.4) is 0 Å². The van der Waals surface area contributed by atoms with Crippen LogP contribution in [-0.2, 0) is 4.52 Å². The van der Waals surface area contributed by atoms with Crippen LogP contribution in [-0.4, -0.2) is 6.61 Å². The fourth-order valence-corrected chi connectivity index (χ4v) is 1.39. The van der Waals surface area contributed by atoms with Crippen molar-refractivity contribution in [3.63, 3.8) is 0 Å². The van der Waals surface area contributed by atoms with Crippen molar-refractivity contribution in [3.05, 3.63) is 30.3 Å². The molecule has 86 valence electrons. The Labute approximate surface area is 104 Å². The van der Waals surface area contributed by atoms with Crippen molar-refractivity contribution >= 4 is 26.0 Å². The minimum Gasteiger partial charge on any atom is -0.450 e. The summed E-state index contributed by atoms with van der Waals surface area (Å²) in [6.45, 7) is 5.15. The summed E-state index contributed by atoms with van der Waals surface area (Å²) in [6.07, 6.45) is 1.09. The van der Waals surface area contributed by atoms with Crippen LogP contribution in [0.25, 0.3) is 0 Å². The Hall–Kier alpha value is -0.110. The average molecular weight is 293 g/mol. The maximum atomic E-state index is 5.39. The van der Waals surface area contributed by atoms with Gasteiger partial charge in [-0.1, -0.05) is 32.0 Å². The first-order valence-corrected chi connectivity index (χ1v) is 5.69. The maximum absolute atomic E-state index is 5.39. The largest absolute Gasteiger partial charge is 0.450 e. The van der Waals surface area contributed by atoms with Crippen molar-refractivity contribution in [3.8, 4) is 5.75 Å². The molecule has 2 nitrogen and oxygen atoms in total. The van der Waals surface area contributed by atoms with E-state index in [2.05, 4.69) is 13.8 Å². The summed E-state index contributed by atoms with van der Waals surface area (Å²) in [4.78, 5) is 0. The molecule has 4 heteroatoms. The van der Waals surface area contributed by atoms with Crippen molar-refractivity contribution < 1.29 is 9.05 Å². The van der Waals surface area contributed by atoms with E-state index >= 15 is 0 Å². The van der Waals surface area contributed by atoms with Gasteiger partial charge < -0.3 is 9.05 Å². The predicted octanol–water partition coefficient (Wildman–Crippen LogP) is 4.21. The summed E-state index contributed by atoms with van der Waals surface area (Å²) >= 11 is 0. The summed E-state index contributed by atoms with van der Waals surface area (Å²) in [6, 6.07) is 9.73. The lowest BCUT2D eigenvalue weighted by Gasteiger charge is -2.06. The molecule has 15 heavy (non-hydrogen) atoms. The number of hydrogen-bond donors (Lipinski definition) is 0. The first kappa shape index (κ1) is 14.9. The quantitative estimate of drug-likeness (QED) is 0.577. The zero-order valence-corrected chi connectivity index (χ0v) is 11.8. The Morgan fingerprint density at radius 2 is 1.87 bits per heavy atom. The molecule has 1 atom stereocenters. The van der Waals surface area contributed by atoms with Crippen LogP contribution < -0.4 is 4.52 Å². The minimum atomic E-state index is 0. The molecule has 0 aliphatic rings. The molecule has 1 aromatic carbocycles. The Morgan fingerprint density at radius 1 is 1.20 bits per heavy atom. The van der Waals surface area contributed by atoms with E-state index in [1.54, 1.807) is 0 Å². The van der Waals surface area contributed by atoms with Crippen molar-refractivity contribution in [2.24, 2.45) is 5.92 Å². The van der Waals surface area contributed by atoms with Crippen LogP contribution in [0, 0.1) is 5.92 Å². The highest BCUT2D eigenvalue weighted by Gasteiger charge is 1.95. The summed E-state index contributed by atoms with van der Waals surface area (Å²) in [5.74, 6) is 1.56. The van der Waals surface area contributed by atoms with Gasteiger partial charge in [0.1, 0.15) is 5.75 Å². The first-order chi connectivity index (χ1) is 6.79. The monoisotopic (exact) mass is 292 g/mol. The van der Waals surface area contributed by atoms with E-state index in [1.165, 1.54) is 0 Å². The Kier molecular flexibility index (Phi) is 9.07. The zero-order valence-electron chi connectivity index (χ0n) is 9.10. The Balaban J connectivity index is 0.00000196. The van der Waals surface area contributed by atoms with Crippen molar-refractivity contribution in [2.75, 3.05) is 6.61 Å². The SMILES string of the molecule is Br.CC(C)CCOPOc1ccccc1. The third-order valence-electron chi connectivity index (χ3n) is 1.76. The lowest BCUT2D eigenvalue weighted by Crippen LogP contribution is -1.93. The number of rotatable bonds is 6. The van der Waals surface area contributed by atoms with Gasteiger partial charge in [-0.25, -0.2) is 0 Å². The van der Waals surface area contributed by atoms with Gasteiger partial charge in [-0.3, -0.25) is 0 Å². The second-order valence-corrected chi connectivity index (χ2v) is 4.19. The fraction of sp³-hybridized carbons (Fsp3) is 0.455. The standard InChI is InChI=1S/C11H17O2P.BrH/c1-10(2)8-9-12-14-13-11-6-4-3-5-7-11;/h3-7,10,14H,8-9H2,1-2H3;1H. The van der Waals surface area contributed by atoms with Crippen molar-refractivity contribution in [1.82, 2.24) is 0 Å². The molecule has 0 aromatic heterocycles. The normalized spacial score (nSPS) is 10.6. The highest BCUT2D eigenvalue weighted by Crippen LogP contribution is 2.21. The van der Waals surface area contributed by atoms with E-state index in [1.807, 2.05) is 30.3 Å². The second kappa shape index (κ2) is 9.14. The molecule has 1 rings (SSSR count). The lowest BCUT2D eigenvalue weighted by atomic mass is 10.2. The van der Waals surface area contributed by atoms with Gasteiger partial charge in [0.25, 0.3) is 0 Å². The highest BCUT2D eigenvalue weighted by atomic mass is 79.9. The van der Waals surface area contributed by atoms with Gasteiger partial charge in [-0.15, -0.1) is 17.0 Å². The molecule has 0 fully saturated rings. The van der Waals surface area contributed by atoms with Gasteiger partial charge in [0.2, 0.25) is 9.03 Å². The number of hydrogen-bond acceptors (Lipinski definition) is 2. The van der Waals surface area contributed by atoms with E-state index in [0.29, 0.717) is 5.92 Å². The topological polar surface area (TPSA) is 18.5 Å². The molecule has 0 heterocycles. The molecular formula is C11H18BrO2P. The van der Waals surface area contributed by atoms with Gasteiger partial charge in [-0.2, -0.15) is 0 Å². The molecule has 0 N–H and O–H groups in total. The fourth-order valence-electron chi connectivity index (χ4n) is 0.902. The van der Waals surface area contributed by atoms with Gasteiger partial charge in [0.05, 0.1) is 6.61 Å². The Bertz CT molecular complexity index is 242. The second-order valence-electron chi connectivity index (χ2n) is 3.53. The first-order valence-electron chi connectivity index (χ1n) is 4.87. The van der Waals surface area contributed by atoms with Crippen LogP contribution in [0.5, 0.6) is 5.75 Å². The minimum absolute atomic E-state index is 0. The lowest BCUT2D eigenvalue weighted by molar-refractivity contribution is 0.301. The molecule has 0 saturated heterocycles. The van der Waals surface area contributed by atoms with Crippen molar-refractivity contribution in [1.29, 1.82) is 0 Å². The number of para-hydroxylation sites is 1. The third kappa shape index (κ3) is 7.78. The van der Waals surface area contributed by atoms with Gasteiger partial charge in [0, 0.05) is 0 Å². The van der Waals surface area contributed by atoms with Gasteiger partial charge in [0.15, 0.2) is 0 Å². The molecule has 0 aliphatic heterocycles. The van der Waals surface area contributed by atoms with Crippen LogP contribution in [0.4, 0.5) is 0 Å². The summed E-state index contributed by atoms with van der Waals surface area (Å²) < 4.78 is 10.7.